The van der Waals surface area contributed by atoms with Gasteiger partial charge in [-0.15, -0.1) is 0 Å². The van der Waals surface area contributed by atoms with E-state index in [9.17, 15) is 20.0 Å². The van der Waals surface area contributed by atoms with E-state index >= 15 is 8.78 Å². The Kier molecular flexibility index (Phi) is 8.61. The van der Waals surface area contributed by atoms with Crippen molar-refractivity contribution in [1.29, 1.82) is 0 Å². The minimum absolute atomic E-state index is 0.0897. The number of nitrogens with zero attached hydrogens (tertiary/aromatic N) is 3. The Morgan fingerprint density at radius 2 is 1.73 bits per heavy atom. The number of piperidine rings is 1. The summed E-state index contributed by atoms with van der Waals surface area (Å²) in [5.74, 6) is -3.44. The quantitative estimate of drug-likeness (QED) is 0.267. The molecule has 0 aromatic heterocycles. The highest BCUT2D eigenvalue weighted by Gasteiger charge is 2.38. The molecule has 1 atom stereocenters. The monoisotopic (exact) mass is 471 g/mol. The van der Waals surface area contributed by atoms with E-state index in [-0.39, 0.29) is 38.4 Å². The van der Waals surface area contributed by atoms with E-state index in [4.69, 9.17) is 10.5 Å². The Morgan fingerprint density at radius 3 is 2.30 bits per heavy atom. The van der Waals surface area contributed by atoms with E-state index in [1.54, 1.807) is 4.90 Å². The highest BCUT2D eigenvalue weighted by atomic mass is 19.1. The fraction of sp³-hybridized carbons (Fsp3) is 0.667. The first-order chi connectivity index (χ1) is 15.9. The predicted molar refractivity (Wildman–Crippen MR) is 120 cm³/mol. The molecule has 2 heterocycles. The number of aliphatic carboxylic acids is 1. The molecule has 2 aliphatic rings. The summed E-state index contributed by atoms with van der Waals surface area (Å²) in [4.78, 5) is 26.1. The van der Waals surface area contributed by atoms with E-state index in [1.165, 1.54) is 4.90 Å². The van der Waals surface area contributed by atoms with Crippen molar-refractivity contribution in [2.24, 2.45) is 5.73 Å². The Labute approximate surface area is 190 Å². The first-order valence-corrected chi connectivity index (χ1v) is 11.3. The Morgan fingerprint density at radius 1 is 1.09 bits per heavy atom. The minimum atomic E-state index is -1.29. The second-order valence-corrected chi connectivity index (χ2v) is 8.27. The third kappa shape index (κ3) is 5.61. The van der Waals surface area contributed by atoms with Crippen molar-refractivity contribution in [3.63, 3.8) is 0 Å². The number of carboxylic acids is 1. The maximum atomic E-state index is 15.8. The fourth-order valence-corrected chi connectivity index (χ4v) is 4.36. The van der Waals surface area contributed by atoms with Gasteiger partial charge in [-0.05, 0) is 45.1 Å². The maximum Gasteiger partial charge on any atom is 0.326 e. The van der Waals surface area contributed by atoms with Crippen LogP contribution < -0.4 is 20.9 Å². The maximum absolute atomic E-state index is 15.8. The number of hydrogen-bond donors (Lipinski definition) is 3. The molecule has 0 amide bonds. The number of halogens is 2. The second kappa shape index (κ2) is 11.4. The molecule has 1 aromatic rings. The Bertz CT molecular complexity index is 860. The van der Waals surface area contributed by atoms with Gasteiger partial charge in [0.2, 0.25) is 0 Å². The van der Waals surface area contributed by atoms with Crippen LogP contribution >= 0.6 is 0 Å². The Balaban J connectivity index is 2.15. The summed E-state index contributed by atoms with van der Waals surface area (Å²) in [6.45, 7) is 2.09. The smallest absolute Gasteiger partial charge is 0.326 e. The van der Waals surface area contributed by atoms with Crippen molar-refractivity contribution in [2.75, 3.05) is 61.1 Å². The molecule has 2 aliphatic heterocycles. The number of carboxylic acid groups (broad SMARTS) is 1. The molecule has 2 saturated heterocycles. The highest BCUT2D eigenvalue weighted by molar-refractivity contribution is 5.87. The first-order valence-electron chi connectivity index (χ1n) is 11.3. The van der Waals surface area contributed by atoms with Crippen LogP contribution in [0.5, 0.6) is 0 Å². The first kappa shape index (κ1) is 24.9. The number of unbranched alkanes of at least 4 members (excludes halogenated alkanes) is 1. The van der Waals surface area contributed by atoms with Gasteiger partial charge in [0.25, 0.3) is 0 Å². The number of benzene rings is 1. The van der Waals surface area contributed by atoms with E-state index in [2.05, 4.69) is 5.32 Å². The SMILES string of the molecule is NCCCC[C@H](Nc1c(F)c(N2CCOCC2)c(F)c(N2CCCCC2)c1[N+](=O)[O-])C(=O)O. The summed E-state index contributed by atoms with van der Waals surface area (Å²) >= 11 is 0. The van der Waals surface area contributed by atoms with Crippen LogP contribution in [-0.2, 0) is 9.53 Å². The standard InChI is InChI=1S/C21H31F2N5O5/c22-15-17(25-14(21(29)30)6-2-3-7-24)20(28(31)32)19(26-8-4-1-5-9-26)16(23)18(15)27-10-12-33-13-11-27/h14,25H,1-13,24H2,(H,29,30)/t14-/m0/s1. The molecule has 0 unspecified atom stereocenters. The molecular weight excluding hydrogens is 440 g/mol. The van der Waals surface area contributed by atoms with Gasteiger partial charge >= 0.3 is 11.7 Å². The van der Waals surface area contributed by atoms with Crippen LogP contribution in [-0.4, -0.2) is 68.0 Å². The van der Waals surface area contributed by atoms with Crippen LogP contribution in [0, 0.1) is 21.7 Å². The number of morpholine rings is 1. The molecule has 3 rings (SSSR count). The lowest BCUT2D eigenvalue weighted by Crippen LogP contribution is -2.39. The number of ether oxygens (including phenoxy) is 1. The van der Waals surface area contributed by atoms with Gasteiger partial charge in [-0.3, -0.25) is 10.1 Å². The molecule has 2 fully saturated rings. The topological polar surface area (TPSA) is 134 Å². The fourth-order valence-electron chi connectivity index (χ4n) is 4.36. The number of rotatable bonds is 10. The van der Waals surface area contributed by atoms with Crippen LogP contribution in [0.1, 0.15) is 38.5 Å². The van der Waals surface area contributed by atoms with Crippen LogP contribution in [0.4, 0.5) is 31.5 Å². The number of nitro benzene ring substituents is 1. The molecule has 10 nitrogen and oxygen atoms in total. The van der Waals surface area contributed by atoms with Crippen LogP contribution in [0.3, 0.4) is 0 Å². The van der Waals surface area contributed by atoms with Gasteiger partial charge in [-0.1, -0.05) is 0 Å². The normalized spacial score (nSPS) is 17.7. The summed E-state index contributed by atoms with van der Waals surface area (Å²) in [7, 11) is 0. The third-order valence-electron chi connectivity index (χ3n) is 6.05. The number of anilines is 3. The van der Waals surface area contributed by atoms with Crippen LogP contribution in [0.15, 0.2) is 0 Å². The summed E-state index contributed by atoms with van der Waals surface area (Å²) < 4.78 is 36.9. The van der Waals surface area contributed by atoms with Crippen molar-refractivity contribution in [2.45, 2.75) is 44.6 Å². The summed E-state index contributed by atoms with van der Waals surface area (Å²) in [5.41, 5.74) is 3.42. The predicted octanol–water partition coefficient (Wildman–Crippen LogP) is 2.69. The van der Waals surface area contributed by atoms with Gasteiger partial charge in [0.05, 0.1) is 18.1 Å². The molecule has 0 aliphatic carbocycles. The van der Waals surface area contributed by atoms with Gasteiger partial charge in [0.1, 0.15) is 11.7 Å². The molecular formula is C21H31F2N5O5. The lowest BCUT2D eigenvalue weighted by atomic mass is 10.0. The van der Waals surface area contributed by atoms with Crippen LogP contribution in [0.25, 0.3) is 0 Å². The average Bonchev–Trinajstić information content (AvgIpc) is 2.80. The zero-order valence-corrected chi connectivity index (χ0v) is 18.5. The third-order valence-corrected chi connectivity index (χ3v) is 6.05. The van der Waals surface area contributed by atoms with Crippen molar-refractivity contribution < 1.29 is 28.3 Å². The average molecular weight is 472 g/mol. The van der Waals surface area contributed by atoms with Crippen LogP contribution in [0.2, 0.25) is 0 Å². The van der Waals surface area contributed by atoms with Crippen molar-refractivity contribution in [3.8, 4) is 0 Å². The lowest BCUT2D eigenvalue weighted by Gasteiger charge is -2.34. The number of hydrogen-bond acceptors (Lipinski definition) is 8. The van der Waals surface area contributed by atoms with Crippen molar-refractivity contribution in [1.82, 2.24) is 0 Å². The van der Waals surface area contributed by atoms with Crippen molar-refractivity contribution >= 4 is 28.7 Å². The number of nitro groups is 1. The van der Waals surface area contributed by atoms with Gasteiger partial charge in [-0.25, -0.2) is 13.6 Å². The molecule has 184 valence electrons. The molecule has 33 heavy (non-hydrogen) atoms. The van der Waals surface area contributed by atoms with E-state index < -0.39 is 45.6 Å². The molecule has 0 spiro atoms. The van der Waals surface area contributed by atoms with E-state index in [0.717, 1.165) is 19.3 Å². The zero-order valence-electron chi connectivity index (χ0n) is 18.5. The van der Waals surface area contributed by atoms with Crippen molar-refractivity contribution in [3.05, 3.63) is 21.7 Å². The second-order valence-electron chi connectivity index (χ2n) is 8.27. The summed E-state index contributed by atoms with van der Waals surface area (Å²) in [6.07, 6.45) is 3.44. The Hall–Kier alpha value is -2.73. The lowest BCUT2D eigenvalue weighted by molar-refractivity contribution is -0.383. The van der Waals surface area contributed by atoms with Gasteiger partial charge in [-0.2, -0.15) is 0 Å². The van der Waals surface area contributed by atoms with Gasteiger partial charge in [0, 0.05) is 26.2 Å². The number of nitrogens with one attached hydrogen (secondary N) is 1. The number of nitrogens with two attached hydrogens (primary N) is 1. The summed E-state index contributed by atoms with van der Waals surface area (Å²) in [6, 6.07) is -1.29. The largest absolute Gasteiger partial charge is 0.480 e. The van der Waals surface area contributed by atoms with Gasteiger partial charge in [0.15, 0.2) is 23.0 Å². The summed E-state index contributed by atoms with van der Waals surface area (Å²) in [5, 5.41) is 24.3. The minimum Gasteiger partial charge on any atom is -0.480 e. The molecule has 0 radical (unpaired) electrons. The number of carbonyl (C=O) groups is 1. The van der Waals surface area contributed by atoms with E-state index in [1.807, 2.05) is 0 Å². The zero-order chi connectivity index (χ0) is 24.0. The molecule has 0 saturated carbocycles. The molecule has 4 N–H and O–H groups in total. The van der Waals surface area contributed by atoms with E-state index in [0.29, 0.717) is 32.5 Å². The molecule has 12 heteroatoms. The van der Waals surface area contributed by atoms with Gasteiger partial charge < -0.3 is 30.7 Å². The molecule has 1 aromatic carbocycles. The molecule has 0 bridgehead atoms. The highest BCUT2D eigenvalue weighted by Crippen LogP contribution is 2.46.